The van der Waals surface area contributed by atoms with Crippen LogP contribution in [0.15, 0.2) is 35.0 Å². The van der Waals surface area contributed by atoms with E-state index in [0.29, 0.717) is 18.1 Å². The number of carbonyl (C=O) groups excluding carboxylic acids is 2. The van der Waals surface area contributed by atoms with Crippen LogP contribution in [0.3, 0.4) is 0 Å². The standard InChI is InChI=1S/C14H16N2O5/c1-19-13(17)8-4-3-6-11-10-21-12(16-11)7-5-9-15-14(18)20-2/h3-8,10H,9H2,1-2H3,(H,15,18)/b6-3+,7-5-,8-4+. The highest BCUT2D eigenvalue weighted by Crippen LogP contribution is 2.05. The lowest BCUT2D eigenvalue weighted by Crippen LogP contribution is -2.22. The fourth-order valence-electron chi connectivity index (χ4n) is 1.18. The second-order valence-electron chi connectivity index (χ2n) is 3.63. The molecule has 0 aliphatic carbocycles. The van der Waals surface area contributed by atoms with Crippen molar-refractivity contribution in [3.63, 3.8) is 0 Å². The summed E-state index contributed by atoms with van der Waals surface area (Å²) in [5.74, 6) is -0.0280. The molecule has 0 fully saturated rings. The average molecular weight is 292 g/mol. The van der Waals surface area contributed by atoms with Crippen LogP contribution in [0.1, 0.15) is 11.6 Å². The first-order valence-electron chi connectivity index (χ1n) is 6.02. The SMILES string of the molecule is COC(=O)/C=C/C=C/c1coc(/C=C\CNC(=O)OC)n1. The van der Waals surface area contributed by atoms with Gasteiger partial charge in [-0.2, -0.15) is 0 Å². The van der Waals surface area contributed by atoms with E-state index in [1.807, 2.05) is 0 Å². The number of esters is 1. The Morgan fingerprint density at radius 1 is 1.29 bits per heavy atom. The maximum absolute atomic E-state index is 10.8. The minimum absolute atomic E-state index is 0.308. The molecule has 0 radical (unpaired) electrons. The van der Waals surface area contributed by atoms with Gasteiger partial charge in [0.25, 0.3) is 0 Å². The molecule has 1 N–H and O–H groups in total. The largest absolute Gasteiger partial charge is 0.466 e. The number of amides is 1. The Labute approximate surface area is 121 Å². The molecule has 7 nitrogen and oxygen atoms in total. The number of oxazole rings is 1. The van der Waals surface area contributed by atoms with Gasteiger partial charge in [-0.1, -0.05) is 18.2 Å². The molecule has 0 bridgehead atoms. The first-order valence-corrected chi connectivity index (χ1v) is 6.02. The molecule has 0 saturated carbocycles. The quantitative estimate of drug-likeness (QED) is 0.488. The van der Waals surface area contributed by atoms with Gasteiger partial charge in [-0.15, -0.1) is 0 Å². The van der Waals surface area contributed by atoms with E-state index in [0.717, 1.165) is 0 Å². The van der Waals surface area contributed by atoms with Crippen LogP contribution in [-0.2, 0) is 14.3 Å². The van der Waals surface area contributed by atoms with Crippen molar-refractivity contribution in [1.82, 2.24) is 10.3 Å². The average Bonchev–Trinajstić information content (AvgIpc) is 2.95. The lowest BCUT2D eigenvalue weighted by Gasteiger charge is -1.97. The molecular formula is C14H16N2O5. The van der Waals surface area contributed by atoms with Crippen molar-refractivity contribution in [3.05, 3.63) is 42.2 Å². The molecule has 0 aliphatic heterocycles. The molecule has 1 heterocycles. The number of aromatic nitrogens is 1. The predicted octanol–water partition coefficient (Wildman–Crippen LogP) is 1.79. The fraction of sp³-hybridized carbons (Fsp3) is 0.214. The summed E-state index contributed by atoms with van der Waals surface area (Å²) in [5.41, 5.74) is 0.602. The van der Waals surface area contributed by atoms with Gasteiger partial charge in [-0.05, 0) is 12.2 Å². The van der Waals surface area contributed by atoms with Crippen molar-refractivity contribution < 1.29 is 23.5 Å². The van der Waals surface area contributed by atoms with E-state index in [1.54, 1.807) is 24.3 Å². The van der Waals surface area contributed by atoms with E-state index in [-0.39, 0.29) is 0 Å². The van der Waals surface area contributed by atoms with Gasteiger partial charge in [0, 0.05) is 12.6 Å². The van der Waals surface area contributed by atoms with Gasteiger partial charge >= 0.3 is 12.1 Å². The fourth-order valence-corrected chi connectivity index (χ4v) is 1.18. The molecule has 0 aliphatic rings. The van der Waals surface area contributed by atoms with Gasteiger partial charge in [0.1, 0.15) is 12.0 Å². The van der Waals surface area contributed by atoms with Crippen LogP contribution in [0.5, 0.6) is 0 Å². The van der Waals surface area contributed by atoms with Crippen LogP contribution in [0, 0.1) is 0 Å². The zero-order chi connectivity index (χ0) is 15.5. The van der Waals surface area contributed by atoms with Crippen molar-refractivity contribution in [2.45, 2.75) is 0 Å². The summed E-state index contributed by atoms with van der Waals surface area (Å²) < 4.78 is 14.0. The van der Waals surface area contributed by atoms with E-state index in [4.69, 9.17) is 4.42 Å². The summed E-state index contributed by atoms with van der Waals surface area (Å²) in [6.45, 7) is 0.308. The maximum atomic E-state index is 10.8. The van der Waals surface area contributed by atoms with Gasteiger partial charge in [0.05, 0.1) is 14.2 Å². The number of hydrogen-bond acceptors (Lipinski definition) is 6. The van der Waals surface area contributed by atoms with Crippen LogP contribution in [0.25, 0.3) is 12.2 Å². The molecule has 112 valence electrons. The van der Waals surface area contributed by atoms with Gasteiger partial charge in [-0.3, -0.25) is 0 Å². The smallest absolute Gasteiger partial charge is 0.407 e. The van der Waals surface area contributed by atoms with Gasteiger partial charge in [0.15, 0.2) is 0 Å². The number of nitrogens with zero attached hydrogens (tertiary/aromatic N) is 1. The van der Waals surface area contributed by atoms with E-state index in [2.05, 4.69) is 19.8 Å². The second kappa shape index (κ2) is 9.13. The number of allylic oxidation sites excluding steroid dienone is 2. The minimum atomic E-state index is -0.506. The highest BCUT2D eigenvalue weighted by Gasteiger charge is 1.97. The predicted molar refractivity (Wildman–Crippen MR) is 76.1 cm³/mol. The Hall–Kier alpha value is -2.83. The molecule has 21 heavy (non-hydrogen) atoms. The molecule has 0 unspecified atom stereocenters. The van der Waals surface area contributed by atoms with Crippen molar-refractivity contribution in [2.24, 2.45) is 0 Å². The molecule has 0 spiro atoms. The van der Waals surface area contributed by atoms with Gasteiger partial charge in [-0.25, -0.2) is 14.6 Å². The summed E-state index contributed by atoms with van der Waals surface area (Å²) >= 11 is 0. The van der Waals surface area contributed by atoms with Gasteiger partial charge < -0.3 is 19.2 Å². The molecule has 1 aromatic rings. The number of alkyl carbamates (subject to hydrolysis) is 1. The Bertz CT molecular complexity index is 557. The first-order chi connectivity index (χ1) is 10.2. The van der Waals surface area contributed by atoms with Crippen LogP contribution in [0.2, 0.25) is 0 Å². The minimum Gasteiger partial charge on any atom is -0.466 e. The maximum Gasteiger partial charge on any atom is 0.407 e. The third kappa shape index (κ3) is 6.76. The molecule has 1 rings (SSSR count). The van der Waals surface area contributed by atoms with Crippen LogP contribution in [0.4, 0.5) is 4.79 Å². The molecule has 0 aromatic carbocycles. The third-order valence-electron chi connectivity index (χ3n) is 2.16. The van der Waals surface area contributed by atoms with E-state index >= 15 is 0 Å². The number of methoxy groups -OCH3 is 2. The lowest BCUT2D eigenvalue weighted by atomic mass is 10.4. The Morgan fingerprint density at radius 2 is 2.10 bits per heavy atom. The van der Waals surface area contributed by atoms with Crippen molar-refractivity contribution in [2.75, 3.05) is 20.8 Å². The Kier molecular flexibility index (Phi) is 7.06. The number of nitrogens with one attached hydrogen (secondary N) is 1. The van der Waals surface area contributed by atoms with Crippen molar-refractivity contribution >= 4 is 24.2 Å². The molecule has 0 saturated heterocycles. The monoisotopic (exact) mass is 292 g/mol. The zero-order valence-corrected chi connectivity index (χ0v) is 11.7. The van der Waals surface area contributed by atoms with E-state index < -0.39 is 12.1 Å². The zero-order valence-electron chi connectivity index (χ0n) is 11.7. The molecular weight excluding hydrogens is 276 g/mol. The second-order valence-corrected chi connectivity index (χ2v) is 3.63. The van der Waals surface area contributed by atoms with E-state index in [9.17, 15) is 9.59 Å². The van der Waals surface area contributed by atoms with Crippen molar-refractivity contribution in [3.8, 4) is 0 Å². The topological polar surface area (TPSA) is 90.7 Å². The number of hydrogen-bond donors (Lipinski definition) is 1. The number of rotatable bonds is 6. The summed E-state index contributed by atoms with van der Waals surface area (Å²) in [7, 11) is 2.60. The summed E-state index contributed by atoms with van der Waals surface area (Å²) in [4.78, 5) is 25.8. The highest BCUT2D eigenvalue weighted by atomic mass is 16.5. The molecule has 7 heteroatoms. The molecule has 1 amide bonds. The van der Waals surface area contributed by atoms with Crippen LogP contribution < -0.4 is 5.32 Å². The van der Waals surface area contributed by atoms with Crippen molar-refractivity contribution in [1.29, 1.82) is 0 Å². The molecule has 0 atom stereocenters. The normalized spacial score (nSPS) is 11.3. The summed E-state index contributed by atoms with van der Waals surface area (Å²) in [6, 6.07) is 0. The molecule has 1 aromatic heterocycles. The summed E-state index contributed by atoms with van der Waals surface area (Å²) in [5, 5.41) is 2.48. The Morgan fingerprint density at radius 3 is 2.81 bits per heavy atom. The highest BCUT2D eigenvalue weighted by molar-refractivity contribution is 5.82. The van der Waals surface area contributed by atoms with Gasteiger partial charge in [0.2, 0.25) is 5.89 Å². The third-order valence-corrected chi connectivity index (χ3v) is 2.16. The number of carbonyl (C=O) groups is 2. The summed E-state index contributed by atoms with van der Waals surface area (Å²) in [6.07, 6.45) is 10.4. The van der Waals surface area contributed by atoms with Crippen LogP contribution >= 0.6 is 0 Å². The first kappa shape index (κ1) is 16.2. The van der Waals surface area contributed by atoms with Crippen LogP contribution in [-0.4, -0.2) is 37.8 Å². The Balaban J connectivity index is 2.44. The van der Waals surface area contributed by atoms with E-state index in [1.165, 1.54) is 32.6 Å². The number of ether oxygens (including phenoxy) is 2. The lowest BCUT2D eigenvalue weighted by molar-refractivity contribution is -0.134.